The smallest absolute Gasteiger partial charge is 0.179 e. The van der Waals surface area contributed by atoms with E-state index in [1.165, 1.54) is 0 Å². The Morgan fingerprint density at radius 2 is 2.27 bits per heavy atom. The van der Waals surface area contributed by atoms with Gasteiger partial charge in [-0.2, -0.15) is 5.26 Å². The second-order valence-electron chi connectivity index (χ2n) is 2.70. The maximum Gasteiger partial charge on any atom is 0.179 e. The van der Waals surface area contributed by atoms with Gasteiger partial charge < -0.3 is 0 Å². The van der Waals surface area contributed by atoms with Gasteiger partial charge in [0.2, 0.25) is 0 Å². The van der Waals surface area contributed by atoms with Crippen LogP contribution in [0.3, 0.4) is 0 Å². The molecule has 0 unspecified atom stereocenters. The summed E-state index contributed by atoms with van der Waals surface area (Å²) in [5.74, 6) is -1.67. The lowest BCUT2D eigenvalue weighted by Crippen LogP contribution is -2.08. The summed E-state index contributed by atoms with van der Waals surface area (Å²) in [7, 11) is 0. The number of rotatable bonds is 3. The number of hydrogen-bond acceptors (Lipinski definition) is 3. The zero-order valence-corrected chi connectivity index (χ0v) is 8.21. The van der Waals surface area contributed by atoms with Gasteiger partial charge in [-0.1, -0.05) is 0 Å². The predicted octanol–water partition coefficient (Wildman–Crippen LogP) is 1.93. The summed E-state index contributed by atoms with van der Waals surface area (Å²) in [6.45, 7) is 0. The monoisotopic (exact) mass is 225 g/mol. The van der Waals surface area contributed by atoms with E-state index in [1.807, 2.05) is 0 Å². The van der Waals surface area contributed by atoms with Crippen molar-refractivity contribution >= 4 is 23.7 Å². The third-order valence-electron chi connectivity index (χ3n) is 1.78. The highest BCUT2D eigenvalue weighted by atomic mass is 35.5. The van der Waals surface area contributed by atoms with Crippen LogP contribution in [0.25, 0.3) is 0 Å². The molecular formula is C10H5ClFNO2. The first kappa shape index (κ1) is 11.3. The molecule has 0 amide bonds. The van der Waals surface area contributed by atoms with E-state index < -0.39 is 11.6 Å². The normalized spacial score (nSPS) is 9.40. The lowest BCUT2D eigenvalue weighted by atomic mass is 9.99. The number of ketones is 1. The molecule has 0 radical (unpaired) electrons. The molecule has 0 bridgehead atoms. The van der Waals surface area contributed by atoms with Crippen LogP contribution in [0.2, 0.25) is 0 Å². The molecule has 3 nitrogen and oxygen atoms in total. The second kappa shape index (κ2) is 4.67. The number of nitrogens with zero attached hydrogens (tertiary/aromatic N) is 1. The zero-order valence-electron chi connectivity index (χ0n) is 7.46. The largest absolute Gasteiger partial charge is 0.298 e. The topological polar surface area (TPSA) is 57.9 Å². The highest BCUT2D eigenvalue weighted by Crippen LogP contribution is 2.16. The second-order valence-corrected chi connectivity index (χ2v) is 2.97. The van der Waals surface area contributed by atoms with Crippen LogP contribution in [0.4, 0.5) is 4.39 Å². The first-order valence-electron chi connectivity index (χ1n) is 3.92. The molecule has 0 N–H and O–H groups in total. The molecule has 0 saturated heterocycles. The molecule has 0 saturated carbocycles. The zero-order chi connectivity index (χ0) is 11.4. The van der Waals surface area contributed by atoms with Gasteiger partial charge in [0.15, 0.2) is 12.1 Å². The van der Waals surface area contributed by atoms with Crippen molar-refractivity contribution in [1.29, 1.82) is 5.26 Å². The van der Waals surface area contributed by atoms with Crippen LogP contribution in [-0.2, 0) is 0 Å². The number of carbonyl (C=O) groups excluding carboxylic acids is 2. The molecular weight excluding hydrogens is 221 g/mol. The molecule has 76 valence electrons. The third kappa shape index (κ3) is 2.20. The molecule has 1 aromatic carbocycles. The minimum absolute atomic E-state index is 0.121. The lowest BCUT2D eigenvalue weighted by Gasteiger charge is -2.04. The Bertz CT molecular complexity index is 465. The molecule has 0 aliphatic rings. The first-order chi connectivity index (χ1) is 7.13. The van der Waals surface area contributed by atoms with Gasteiger partial charge in [-0.25, -0.2) is 4.39 Å². The Hall–Kier alpha value is -1.73. The molecule has 0 aromatic heterocycles. The molecule has 0 atom stereocenters. The Balaban J connectivity index is 3.52. The van der Waals surface area contributed by atoms with Gasteiger partial charge in [0.05, 0.1) is 11.4 Å². The number of nitriles is 1. The molecule has 0 aliphatic carbocycles. The van der Waals surface area contributed by atoms with Gasteiger partial charge in [-0.05, 0) is 12.1 Å². The number of halogens is 2. The van der Waals surface area contributed by atoms with Crippen molar-refractivity contribution in [1.82, 2.24) is 0 Å². The fourth-order valence-corrected chi connectivity index (χ4v) is 1.32. The van der Waals surface area contributed by atoms with Crippen molar-refractivity contribution < 1.29 is 14.0 Å². The molecule has 5 heteroatoms. The summed E-state index contributed by atoms with van der Waals surface area (Å²) in [6.07, 6.45) is 0.323. The van der Waals surface area contributed by atoms with Crippen LogP contribution in [-0.4, -0.2) is 17.9 Å². The van der Waals surface area contributed by atoms with Crippen molar-refractivity contribution in [2.75, 3.05) is 5.88 Å². The molecule has 0 spiro atoms. The third-order valence-corrected chi connectivity index (χ3v) is 2.02. The van der Waals surface area contributed by atoms with Crippen LogP contribution >= 0.6 is 11.6 Å². The van der Waals surface area contributed by atoms with Gasteiger partial charge in [0.25, 0.3) is 0 Å². The number of alkyl halides is 1. The molecule has 0 heterocycles. The Kier molecular flexibility index (Phi) is 3.53. The lowest BCUT2D eigenvalue weighted by molar-refractivity contribution is 0.101. The van der Waals surface area contributed by atoms with Gasteiger partial charge in [0, 0.05) is 11.1 Å². The first-order valence-corrected chi connectivity index (χ1v) is 4.45. The maximum absolute atomic E-state index is 12.9. The standard InChI is InChI=1S/C10H5ClFNO2/c11-3-9(15)10-6(4-13)1-8(12)2-7(10)5-14/h1-2,5H,3H2. The number of benzene rings is 1. The van der Waals surface area contributed by atoms with Crippen molar-refractivity contribution in [2.24, 2.45) is 0 Å². The summed E-state index contributed by atoms with van der Waals surface area (Å²) < 4.78 is 12.9. The summed E-state index contributed by atoms with van der Waals surface area (Å²) in [6, 6.07) is 3.44. The summed E-state index contributed by atoms with van der Waals surface area (Å²) in [4.78, 5) is 21.9. The summed E-state index contributed by atoms with van der Waals surface area (Å²) in [5, 5.41) is 8.68. The Morgan fingerprint density at radius 1 is 1.60 bits per heavy atom. The van der Waals surface area contributed by atoms with Crippen molar-refractivity contribution in [2.45, 2.75) is 0 Å². The Labute approximate surface area is 90.1 Å². The van der Waals surface area contributed by atoms with Gasteiger partial charge in [-0.3, -0.25) is 9.59 Å². The van der Waals surface area contributed by atoms with E-state index in [2.05, 4.69) is 0 Å². The fourth-order valence-electron chi connectivity index (χ4n) is 1.19. The minimum Gasteiger partial charge on any atom is -0.298 e. The highest BCUT2D eigenvalue weighted by molar-refractivity contribution is 6.31. The fraction of sp³-hybridized carbons (Fsp3) is 0.100. The minimum atomic E-state index is -0.736. The number of carbonyl (C=O) groups is 2. The van der Waals surface area contributed by atoms with E-state index >= 15 is 0 Å². The van der Waals surface area contributed by atoms with E-state index in [0.717, 1.165) is 12.1 Å². The average Bonchev–Trinajstić information content (AvgIpc) is 2.26. The summed E-state index contributed by atoms with van der Waals surface area (Å²) in [5.41, 5.74) is -0.455. The van der Waals surface area contributed by atoms with Crippen molar-refractivity contribution in [3.8, 4) is 6.07 Å². The van der Waals surface area contributed by atoms with Crippen LogP contribution in [0.15, 0.2) is 12.1 Å². The SMILES string of the molecule is N#Cc1cc(F)cc(C=O)c1C(=O)CCl. The number of Topliss-reactive ketones (excluding diaryl/α,β-unsaturated/α-hetero) is 1. The molecule has 1 rings (SSSR count). The van der Waals surface area contributed by atoms with Gasteiger partial charge >= 0.3 is 0 Å². The average molecular weight is 226 g/mol. The molecule has 0 aliphatic heterocycles. The maximum atomic E-state index is 12.9. The molecule has 1 aromatic rings. The molecule has 0 fully saturated rings. The van der Waals surface area contributed by atoms with Crippen molar-refractivity contribution in [3.63, 3.8) is 0 Å². The predicted molar refractivity (Wildman–Crippen MR) is 51.6 cm³/mol. The van der Waals surface area contributed by atoms with E-state index in [4.69, 9.17) is 16.9 Å². The van der Waals surface area contributed by atoms with Crippen LogP contribution in [0.5, 0.6) is 0 Å². The van der Waals surface area contributed by atoms with Gasteiger partial charge in [0.1, 0.15) is 11.9 Å². The van der Waals surface area contributed by atoms with E-state index in [1.54, 1.807) is 6.07 Å². The van der Waals surface area contributed by atoms with E-state index in [9.17, 15) is 14.0 Å². The van der Waals surface area contributed by atoms with Gasteiger partial charge in [-0.15, -0.1) is 11.6 Å². The number of hydrogen-bond donors (Lipinski definition) is 0. The highest BCUT2D eigenvalue weighted by Gasteiger charge is 2.16. The Morgan fingerprint density at radius 3 is 2.73 bits per heavy atom. The van der Waals surface area contributed by atoms with Crippen molar-refractivity contribution in [3.05, 3.63) is 34.6 Å². The van der Waals surface area contributed by atoms with Crippen LogP contribution in [0.1, 0.15) is 26.3 Å². The quantitative estimate of drug-likeness (QED) is 0.449. The molecule has 15 heavy (non-hydrogen) atoms. The van der Waals surface area contributed by atoms with Crippen LogP contribution in [0, 0.1) is 17.1 Å². The number of aldehydes is 1. The van der Waals surface area contributed by atoms with Crippen LogP contribution < -0.4 is 0 Å². The summed E-state index contributed by atoms with van der Waals surface area (Å²) >= 11 is 5.32. The van der Waals surface area contributed by atoms with E-state index in [-0.39, 0.29) is 22.6 Å². The van der Waals surface area contributed by atoms with E-state index in [0.29, 0.717) is 6.29 Å².